The summed E-state index contributed by atoms with van der Waals surface area (Å²) in [5.74, 6) is 1.05. The van der Waals surface area contributed by atoms with Crippen molar-refractivity contribution in [2.24, 2.45) is 11.8 Å². The maximum absolute atomic E-state index is 12.4. The number of hydrogen-bond acceptors (Lipinski definition) is 3. The number of piperidine rings is 1. The van der Waals surface area contributed by atoms with Gasteiger partial charge in [0.2, 0.25) is 5.91 Å². The van der Waals surface area contributed by atoms with Gasteiger partial charge in [0.1, 0.15) is 0 Å². The summed E-state index contributed by atoms with van der Waals surface area (Å²) >= 11 is 0. The predicted octanol–water partition coefficient (Wildman–Crippen LogP) is 1.65. The van der Waals surface area contributed by atoms with Gasteiger partial charge >= 0.3 is 0 Å². The molecular formula is C15H28N2O2. The highest BCUT2D eigenvalue weighted by Crippen LogP contribution is 2.24. The second-order valence-electron chi connectivity index (χ2n) is 5.86. The highest BCUT2D eigenvalue weighted by Gasteiger charge is 2.34. The average Bonchev–Trinajstić information content (AvgIpc) is 2.98. The Morgan fingerprint density at radius 3 is 2.84 bits per heavy atom. The quantitative estimate of drug-likeness (QED) is 0.824. The van der Waals surface area contributed by atoms with E-state index in [1.807, 2.05) is 0 Å². The summed E-state index contributed by atoms with van der Waals surface area (Å²) in [5.41, 5.74) is 0. The van der Waals surface area contributed by atoms with Crippen LogP contribution < -0.4 is 5.32 Å². The number of nitrogens with zero attached hydrogens (tertiary/aromatic N) is 1. The molecule has 1 amide bonds. The number of ether oxygens (including phenoxy) is 1. The van der Waals surface area contributed by atoms with Gasteiger partial charge in [-0.25, -0.2) is 0 Å². The molecule has 2 aliphatic heterocycles. The van der Waals surface area contributed by atoms with Gasteiger partial charge in [-0.1, -0.05) is 20.3 Å². The van der Waals surface area contributed by atoms with E-state index in [-0.39, 0.29) is 5.92 Å². The zero-order valence-electron chi connectivity index (χ0n) is 12.4. The third-order valence-corrected chi connectivity index (χ3v) is 4.51. The van der Waals surface area contributed by atoms with Crippen LogP contribution >= 0.6 is 0 Å². The first kappa shape index (κ1) is 14.8. The van der Waals surface area contributed by atoms with Crippen LogP contribution in [0.5, 0.6) is 0 Å². The second-order valence-corrected chi connectivity index (χ2v) is 5.86. The predicted molar refractivity (Wildman–Crippen MR) is 76.0 cm³/mol. The average molecular weight is 268 g/mol. The van der Waals surface area contributed by atoms with E-state index in [9.17, 15) is 4.79 Å². The molecule has 2 saturated heterocycles. The minimum Gasteiger partial charge on any atom is -0.381 e. The molecule has 0 bridgehead atoms. The third kappa shape index (κ3) is 3.69. The molecule has 2 heterocycles. The zero-order chi connectivity index (χ0) is 13.7. The van der Waals surface area contributed by atoms with Crippen molar-refractivity contribution in [2.75, 3.05) is 32.8 Å². The molecule has 3 unspecified atom stereocenters. The fourth-order valence-electron chi connectivity index (χ4n) is 3.23. The van der Waals surface area contributed by atoms with Crippen molar-refractivity contribution in [3.8, 4) is 0 Å². The Kier molecular flexibility index (Phi) is 5.64. The van der Waals surface area contributed by atoms with Crippen molar-refractivity contribution in [3.63, 3.8) is 0 Å². The van der Waals surface area contributed by atoms with Gasteiger partial charge < -0.3 is 15.0 Å². The van der Waals surface area contributed by atoms with Crippen LogP contribution in [0, 0.1) is 11.8 Å². The number of amides is 1. The number of likely N-dealkylation sites (tertiary alicyclic amines) is 1. The van der Waals surface area contributed by atoms with Crippen LogP contribution in [0.3, 0.4) is 0 Å². The van der Waals surface area contributed by atoms with Gasteiger partial charge in [-0.3, -0.25) is 4.79 Å². The molecule has 0 spiro atoms. The third-order valence-electron chi connectivity index (χ3n) is 4.51. The topological polar surface area (TPSA) is 41.6 Å². The highest BCUT2D eigenvalue weighted by molar-refractivity contribution is 5.79. The molecule has 110 valence electrons. The minimum atomic E-state index is 0.123. The number of rotatable bonds is 5. The summed E-state index contributed by atoms with van der Waals surface area (Å²) in [5, 5.41) is 3.64. The smallest absolute Gasteiger partial charge is 0.228 e. The SMILES string of the molecule is CCCNC1CCN(C(=O)C2CCOC2)CC1CC. The number of nitrogens with one attached hydrogen (secondary N) is 1. The van der Waals surface area contributed by atoms with E-state index in [2.05, 4.69) is 24.1 Å². The highest BCUT2D eigenvalue weighted by atomic mass is 16.5. The van der Waals surface area contributed by atoms with E-state index < -0.39 is 0 Å². The molecule has 2 fully saturated rings. The van der Waals surface area contributed by atoms with Gasteiger partial charge in [-0.15, -0.1) is 0 Å². The molecule has 0 radical (unpaired) electrons. The van der Waals surface area contributed by atoms with Crippen LogP contribution in [0.25, 0.3) is 0 Å². The fourth-order valence-corrected chi connectivity index (χ4v) is 3.23. The summed E-state index contributed by atoms with van der Waals surface area (Å²) in [6.07, 6.45) is 4.32. The molecule has 1 N–H and O–H groups in total. The number of carbonyl (C=O) groups is 1. The van der Waals surface area contributed by atoms with Crippen LogP contribution in [0.2, 0.25) is 0 Å². The van der Waals surface area contributed by atoms with E-state index in [1.54, 1.807) is 0 Å². The molecule has 2 rings (SSSR count). The van der Waals surface area contributed by atoms with Gasteiger partial charge in [0.25, 0.3) is 0 Å². The van der Waals surface area contributed by atoms with Gasteiger partial charge in [0, 0.05) is 25.7 Å². The van der Waals surface area contributed by atoms with E-state index >= 15 is 0 Å². The van der Waals surface area contributed by atoms with Crippen LogP contribution in [0.1, 0.15) is 39.5 Å². The van der Waals surface area contributed by atoms with Crippen LogP contribution in [0.4, 0.5) is 0 Å². The lowest BCUT2D eigenvalue weighted by atomic mass is 9.89. The first-order chi connectivity index (χ1) is 9.26. The molecule has 0 saturated carbocycles. The second kappa shape index (κ2) is 7.25. The molecule has 3 atom stereocenters. The first-order valence-electron chi connectivity index (χ1n) is 7.86. The summed E-state index contributed by atoms with van der Waals surface area (Å²) in [6.45, 7) is 8.74. The Morgan fingerprint density at radius 1 is 1.37 bits per heavy atom. The summed E-state index contributed by atoms with van der Waals surface area (Å²) in [7, 11) is 0. The maximum atomic E-state index is 12.4. The number of hydrogen-bond donors (Lipinski definition) is 1. The van der Waals surface area contributed by atoms with Crippen molar-refractivity contribution in [1.29, 1.82) is 0 Å². The van der Waals surface area contributed by atoms with E-state index in [1.165, 1.54) is 6.42 Å². The molecule has 0 aromatic rings. The van der Waals surface area contributed by atoms with Crippen molar-refractivity contribution in [3.05, 3.63) is 0 Å². The maximum Gasteiger partial charge on any atom is 0.228 e. The Bertz CT molecular complexity index is 290. The lowest BCUT2D eigenvalue weighted by Crippen LogP contribution is -2.52. The lowest BCUT2D eigenvalue weighted by Gasteiger charge is -2.39. The standard InChI is InChI=1S/C15H28N2O2/c1-3-7-16-14-5-8-17(10-12(14)4-2)15(18)13-6-9-19-11-13/h12-14,16H,3-11H2,1-2H3. The van der Waals surface area contributed by atoms with Gasteiger partial charge in [-0.2, -0.15) is 0 Å². The van der Waals surface area contributed by atoms with Crippen molar-refractivity contribution >= 4 is 5.91 Å². The molecule has 4 heteroatoms. The lowest BCUT2D eigenvalue weighted by molar-refractivity contribution is -0.137. The molecule has 4 nitrogen and oxygen atoms in total. The Morgan fingerprint density at radius 2 is 2.21 bits per heavy atom. The van der Waals surface area contributed by atoms with Crippen LogP contribution in [-0.2, 0) is 9.53 Å². The van der Waals surface area contributed by atoms with Gasteiger partial charge in [-0.05, 0) is 31.7 Å². The summed E-state index contributed by atoms with van der Waals surface area (Å²) in [4.78, 5) is 14.5. The molecule has 19 heavy (non-hydrogen) atoms. The summed E-state index contributed by atoms with van der Waals surface area (Å²) < 4.78 is 5.34. The summed E-state index contributed by atoms with van der Waals surface area (Å²) in [6, 6.07) is 0.592. The fraction of sp³-hybridized carbons (Fsp3) is 0.933. The molecular weight excluding hydrogens is 240 g/mol. The van der Waals surface area contributed by atoms with Crippen LogP contribution in [-0.4, -0.2) is 49.7 Å². The minimum absolute atomic E-state index is 0.123. The van der Waals surface area contributed by atoms with E-state index in [0.717, 1.165) is 45.5 Å². The Hall–Kier alpha value is -0.610. The van der Waals surface area contributed by atoms with E-state index in [0.29, 0.717) is 24.5 Å². The largest absolute Gasteiger partial charge is 0.381 e. The van der Waals surface area contributed by atoms with Crippen molar-refractivity contribution in [2.45, 2.75) is 45.6 Å². The molecule has 2 aliphatic rings. The molecule has 0 aromatic carbocycles. The normalized spacial score (nSPS) is 31.7. The monoisotopic (exact) mass is 268 g/mol. The zero-order valence-corrected chi connectivity index (χ0v) is 12.4. The van der Waals surface area contributed by atoms with Gasteiger partial charge in [0.05, 0.1) is 12.5 Å². The van der Waals surface area contributed by atoms with Crippen LogP contribution in [0.15, 0.2) is 0 Å². The van der Waals surface area contributed by atoms with E-state index in [4.69, 9.17) is 4.74 Å². The van der Waals surface area contributed by atoms with Crippen molar-refractivity contribution in [1.82, 2.24) is 10.2 Å². The Labute approximate surface area is 116 Å². The molecule has 0 aromatic heterocycles. The number of carbonyl (C=O) groups excluding carboxylic acids is 1. The van der Waals surface area contributed by atoms with Gasteiger partial charge in [0.15, 0.2) is 0 Å². The Balaban J connectivity index is 1.86. The first-order valence-corrected chi connectivity index (χ1v) is 7.86. The van der Waals surface area contributed by atoms with Crippen molar-refractivity contribution < 1.29 is 9.53 Å². The molecule has 0 aliphatic carbocycles.